The van der Waals surface area contributed by atoms with E-state index in [9.17, 15) is 4.79 Å². The van der Waals surface area contributed by atoms with Gasteiger partial charge in [-0.2, -0.15) is 0 Å². The molecule has 1 aliphatic rings. The van der Waals surface area contributed by atoms with Gasteiger partial charge in [-0.3, -0.25) is 4.79 Å². The van der Waals surface area contributed by atoms with Gasteiger partial charge in [0.25, 0.3) is 0 Å². The van der Waals surface area contributed by atoms with Crippen molar-refractivity contribution < 1.29 is 14.3 Å². The van der Waals surface area contributed by atoms with Crippen LogP contribution in [-0.2, 0) is 9.53 Å². The highest BCUT2D eigenvalue weighted by Gasteiger charge is 2.20. The number of nitrogens with one attached hydrogen (secondary N) is 2. The molecule has 130 valence electrons. The Balaban J connectivity index is 0.00000264. The van der Waals surface area contributed by atoms with E-state index >= 15 is 0 Å². The lowest BCUT2D eigenvalue weighted by Crippen LogP contribution is -2.29. The number of ether oxygens (including phenoxy) is 2. The average Bonchev–Trinajstić information content (AvgIpc) is 3.30. The molecule has 0 atom stereocenters. The second kappa shape index (κ2) is 10.7. The Labute approximate surface area is 148 Å². The lowest BCUT2D eigenvalue weighted by Gasteiger charge is -2.13. The van der Waals surface area contributed by atoms with Gasteiger partial charge in [-0.15, -0.1) is 12.4 Å². The van der Waals surface area contributed by atoms with E-state index in [0.717, 1.165) is 12.5 Å². The standard InChI is InChI=1S/C16H23ClN2O3.ClH/c1-2-21-7-8-22-15-6-5-13(17)9-14(15)19-16(20)11-18-10-12-3-4-12;/h5-6,9,12,18H,2-4,7-8,10-11H2,1H3,(H,19,20);1H. The summed E-state index contributed by atoms with van der Waals surface area (Å²) in [6.07, 6.45) is 2.53. The first-order valence-electron chi connectivity index (χ1n) is 7.69. The molecule has 0 bridgehead atoms. The van der Waals surface area contributed by atoms with Crippen molar-refractivity contribution in [2.45, 2.75) is 19.8 Å². The van der Waals surface area contributed by atoms with E-state index in [0.29, 0.717) is 42.8 Å². The molecule has 23 heavy (non-hydrogen) atoms. The number of amides is 1. The quantitative estimate of drug-likeness (QED) is 0.627. The topological polar surface area (TPSA) is 59.6 Å². The maximum Gasteiger partial charge on any atom is 0.238 e. The van der Waals surface area contributed by atoms with Crippen LogP contribution in [0, 0.1) is 5.92 Å². The molecule has 0 aromatic heterocycles. The predicted molar refractivity (Wildman–Crippen MR) is 94.9 cm³/mol. The molecule has 0 unspecified atom stereocenters. The van der Waals surface area contributed by atoms with Crippen molar-refractivity contribution in [3.63, 3.8) is 0 Å². The third kappa shape index (κ3) is 7.88. The van der Waals surface area contributed by atoms with Gasteiger partial charge in [-0.05, 0) is 50.4 Å². The average molecular weight is 363 g/mol. The minimum atomic E-state index is -0.0995. The van der Waals surface area contributed by atoms with Crippen molar-refractivity contribution in [2.75, 3.05) is 38.2 Å². The Morgan fingerprint density at radius 2 is 2.13 bits per heavy atom. The molecule has 1 aliphatic carbocycles. The molecule has 0 aliphatic heterocycles. The molecule has 1 amide bonds. The van der Waals surface area contributed by atoms with Crippen LogP contribution in [0.1, 0.15) is 19.8 Å². The van der Waals surface area contributed by atoms with Crippen molar-refractivity contribution in [3.05, 3.63) is 23.2 Å². The summed E-state index contributed by atoms with van der Waals surface area (Å²) in [5.74, 6) is 1.24. The molecule has 0 heterocycles. The number of hydrogen-bond donors (Lipinski definition) is 2. The van der Waals surface area contributed by atoms with E-state index in [-0.39, 0.29) is 18.3 Å². The lowest BCUT2D eigenvalue weighted by atomic mass is 10.3. The summed E-state index contributed by atoms with van der Waals surface area (Å²) in [4.78, 5) is 12.0. The molecule has 1 fully saturated rings. The molecule has 0 spiro atoms. The van der Waals surface area contributed by atoms with Crippen molar-refractivity contribution >= 4 is 35.6 Å². The zero-order valence-corrected chi connectivity index (χ0v) is 14.8. The summed E-state index contributed by atoms with van der Waals surface area (Å²) in [6.45, 7) is 4.72. The van der Waals surface area contributed by atoms with Gasteiger partial charge >= 0.3 is 0 Å². The summed E-state index contributed by atoms with van der Waals surface area (Å²) in [6, 6.07) is 5.18. The Kier molecular flexibility index (Phi) is 9.33. The molecule has 2 N–H and O–H groups in total. The van der Waals surface area contributed by atoms with E-state index in [1.165, 1.54) is 12.8 Å². The first kappa shape index (κ1) is 20.0. The van der Waals surface area contributed by atoms with Crippen LogP contribution in [0.4, 0.5) is 5.69 Å². The second-order valence-electron chi connectivity index (χ2n) is 5.31. The molecule has 5 nitrogen and oxygen atoms in total. The largest absolute Gasteiger partial charge is 0.489 e. The van der Waals surface area contributed by atoms with Crippen LogP contribution < -0.4 is 15.4 Å². The fourth-order valence-corrected chi connectivity index (χ4v) is 2.16. The summed E-state index contributed by atoms with van der Waals surface area (Å²) >= 11 is 5.99. The van der Waals surface area contributed by atoms with Gasteiger partial charge in [0.05, 0.1) is 18.8 Å². The number of hydrogen-bond acceptors (Lipinski definition) is 4. The highest BCUT2D eigenvalue weighted by molar-refractivity contribution is 6.31. The van der Waals surface area contributed by atoms with E-state index in [1.807, 2.05) is 6.92 Å². The second-order valence-corrected chi connectivity index (χ2v) is 5.74. The molecule has 0 saturated heterocycles. The van der Waals surface area contributed by atoms with Crippen LogP contribution in [0.15, 0.2) is 18.2 Å². The highest BCUT2D eigenvalue weighted by atomic mass is 35.5. The monoisotopic (exact) mass is 362 g/mol. The SMILES string of the molecule is CCOCCOc1ccc(Cl)cc1NC(=O)CNCC1CC1.Cl. The van der Waals surface area contributed by atoms with Crippen molar-refractivity contribution in [1.82, 2.24) is 5.32 Å². The van der Waals surface area contributed by atoms with Gasteiger partial charge < -0.3 is 20.1 Å². The number of rotatable bonds is 10. The van der Waals surface area contributed by atoms with Gasteiger partial charge in [0, 0.05) is 11.6 Å². The Morgan fingerprint density at radius 3 is 2.83 bits per heavy atom. The fraction of sp³-hybridized carbons (Fsp3) is 0.562. The minimum absolute atomic E-state index is 0. The number of carbonyl (C=O) groups is 1. The van der Waals surface area contributed by atoms with Gasteiger partial charge in [0.1, 0.15) is 12.4 Å². The zero-order valence-electron chi connectivity index (χ0n) is 13.3. The number of anilines is 1. The van der Waals surface area contributed by atoms with E-state index in [2.05, 4.69) is 10.6 Å². The van der Waals surface area contributed by atoms with Crippen LogP contribution in [-0.4, -0.2) is 38.8 Å². The molecule has 2 rings (SSSR count). The normalized spacial score (nSPS) is 13.3. The first-order chi connectivity index (χ1) is 10.7. The van der Waals surface area contributed by atoms with Gasteiger partial charge in [0.2, 0.25) is 5.91 Å². The van der Waals surface area contributed by atoms with Crippen LogP contribution in [0.2, 0.25) is 5.02 Å². The summed E-state index contributed by atoms with van der Waals surface area (Å²) < 4.78 is 10.9. The third-order valence-corrected chi connectivity index (χ3v) is 3.56. The summed E-state index contributed by atoms with van der Waals surface area (Å²) in [5.41, 5.74) is 0.585. The molecular formula is C16H24Cl2N2O3. The van der Waals surface area contributed by atoms with Crippen LogP contribution >= 0.6 is 24.0 Å². The number of carbonyl (C=O) groups excluding carboxylic acids is 1. The zero-order chi connectivity index (χ0) is 15.8. The summed E-state index contributed by atoms with van der Waals surface area (Å²) in [5, 5.41) is 6.54. The van der Waals surface area contributed by atoms with Gasteiger partial charge in [-0.1, -0.05) is 11.6 Å². The van der Waals surface area contributed by atoms with E-state index in [1.54, 1.807) is 18.2 Å². The minimum Gasteiger partial charge on any atom is -0.489 e. The van der Waals surface area contributed by atoms with E-state index < -0.39 is 0 Å². The molecule has 1 aromatic rings. The lowest BCUT2D eigenvalue weighted by molar-refractivity contribution is -0.115. The molecule has 1 saturated carbocycles. The third-order valence-electron chi connectivity index (χ3n) is 3.32. The van der Waals surface area contributed by atoms with Crippen LogP contribution in [0.25, 0.3) is 0 Å². The fourth-order valence-electron chi connectivity index (χ4n) is 1.99. The Morgan fingerprint density at radius 1 is 1.35 bits per heavy atom. The Bertz CT molecular complexity index is 496. The molecular weight excluding hydrogens is 339 g/mol. The predicted octanol–water partition coefficient (Wildman–Crippen LogP) is 3.12. The first-order valence-corrected chi connectivity index (χ1v) is 8.07. The van der Waals surface area contributed by atoms with Crippen molar-refractivity contribution in [1.29, 1.82) is 0 Å². The van der Waals surface area contributed by atoms with Crippen molar-refractivity contribution in [2.24, 2.45) is 5.92 Å². The number of benzene rings is 1. The van der Waals surface area contributed by atoms with Crippen LogP contribution in [0.3, 0.4) is 0 Å². The summed E-state index contributed by atoms with van der Waals surface area (Å²) in [7, 11) is 0. The number of halogens is 2. The smallest absolute Gasteiger partial charge is 0.238 e. The highest BCUT2D eigenvalue weighted by Crippen LogP contribution is 2.28. The van der Waals surface area contributed by atoms with Crippen LogP contribution in [0.5, 0.6) is 5.75 Å². The molecule has 0 radical (unpaired) electrons. The Hall–Kier alpha value is -1.01. The van der Waals surface area contributed by atoms with Crippen molar-refractivity contribution in [3.8, 4) is 5.75 Å². The maximum atomic E-state index is 12.0. The maximum absolute atomic E-state index is 12.0. The van der Waals surface area contributed by atoms with E-state index in [4.69, 9.17) is 21.1 Å². The van der Waals surface area contributed by atoms with Gasteiger partial charge in [-0.25, -0.2) is 0 Å². The molecule has 7 heteroatoms. The van der Waals surface area contributed by atoms with Gasteiger partial charge in [0.15, 0.2) is 0 Å². The molecule has 1 aromatic carbocycles.